The number of halogens is 6. The SMILES string of the molecule is CC1(C)c2ccccc2-c2ccc3c(c21)c1ccccc1n3-c1c(-c2ccc(C(F)(F)F)cc2)cc(-c2nc(-c3ccccc3)cc(-c3ccccc3)n2)cc1-c1ccc(C(F)(F)F)cc1. The van der Waals surface area contributed by atoms with Crippen molar-refractivity contribution in [3.63, 3.8) is 0 Å². The number of para-hydroxylation sites is 1. The minimum atomic E-state index is -4.59. The molecule has 3 nitrogen and oxygen atoms in total. The van der Waals surface area contributed by atoms with Gasteiger partial charge in [0.25, 0.3) is 0 Å². The Labute approximate surface area is 376 Å². The Bertz CT molecular complexity index is 3360. The summed E-state index contributed by atoms with van der Waals surface area (Å²) in [6.07, 6.45) is -9.18. The lowest BCUT2D eigenvalue weighted by Crippen LogP contribution is -2.15. The first-order valence-electron chi connectivity index (χ1n) is 21.5. The highest BCUT2D eigenvalue weighted by Crippen LogP contribution is 2.54. The summed E-state index contributed by atoms with van der Waals surface area (Å²) in [5.41, 5.74) is 10.2. The zero-order valence-corrected chi connectivity index (χ0v) is 35.5. The number of hydrogen-bond donors (Lipinski definition) is 0. The second-order valence-electron chi connectivity index (χ2n) is 17.2. The van der Waals surface area contributed by atoms with Crippen LogP contribution in [0.5, 0.6) is 0 Å². The van der Waals surface area contributed by atoms with Crippen LogP contribution in [-0.2, 0) is 17.8 Å². The molecular formula is C57H37F6N3. The van der Waals surface area contributed by atoms with E-state index in [0.29, 0.717) is 50.7 Å². The van der Waals surface area contributed by atoms with Crippen LogP contribution in [-0.4, -0.2) is 14.5 Å². The molecule has 0 fully saturated rings. The minimum absolute atomic E-state index is 0.322. The maximum absolute atomic E-state index is 14.2. The van der Waals surface area contributed by atoms with Crippen molar-refractivity contribution in [1.82, 2.24) is 14.5 Å². The second kappa shape index (κ2) is 15.2. The Balaban J connectivity index is 1.27. The maximum atomic E-state index is 14.2. The highest BCUT2D eigenvalue weighted by atomic mass is 19.4. The standard InChI is InChI=1S/C57H37F6N3/c1-55(2)46-19-11-9-17-41(46)42-29-30-50-51(52(42)55)43-18-10-12-20-49(43)66(50)53-44(34-21-25-39(26-22-34)56(58,59)60)31-38(32-45(53)35-23-27-40(28-24-35)57(61,62)63)54-64-47(36-13-5-3-6-14-36)33-48(65-54)37-15-7-4-8-16-37/h3-33H,1-2H3. The van der Waals surface area contributed by atoms with Crippen LogP contribution in [0.3, 0.4) is 0 Å². The molecule has 2 aromatic heterocycles. The van der Waals surface area contributed by atoms with Gasteiger partial charge in [0, 0.05) is 44.0 Å². The van der Waals surface area contributed by atoms with Crippen molar-refractivity contribution in [2.45, 2.75) is 31.6 Å². The van der Waals surface area contributed by atoms with Crippen LogP contribution in [0, 0.1) is 0 Å². The maximum Gasteiger partial charge on any atom is 0.416 e. The zero-order valence-electron chi connectivity index (χ0n) is 35.5. The van der Waals surface area contributed by atoms with Gasteiger partial charge in [0.05, 0.1) is 39.2 Å². The first-order valence-corrected chi connectivity index (χ1v) is 21.5. The van der Waals surface area contributed by atoms with Crippen LogP contribution < -0.4 is 0 Å². The number of fused-ring (bicyclic) bond motifs is 7. The van der Waals surface area contributed by atoms with Gasteiger partial charge >= 0.3 is 12.4 Å². The van der Waals surface area contributed by atoms with Gasteiger partial charge in [-0.2, -0.15) is 26.3 Å². The van der Waals surface area contributed by atoms with Crippen molar-refractivity contribution < 1.29 is 26.3 Å². The molecule has 66 heavy (non-hydrogen) atoms. The highest BCUT2D eigenvalue weighted by Gasteiger charge is 2.39. The topological polar surface area (TPSA) is 30.7 Å². The van der Waals surface area contributed by atoms with Crippen molar-refractivity contribution in [2.75, 3.05) is 0 Å². The van der Waals surface area contributed by atoms with E-state index in [1.807, 2.05) is 109 Å². The minimum Gasteiger partial charge on any atom is -0.308 e. The number of hydrogen-bond acceptors (Lipinski definition) is 2. The van der Waals surface area contributed by atoms with Gasteiger partial charge in [-0.25, -0.2) is 9.97 Å². The van der Waals surface area contributed by atoms with Gasteiger partial charge in [0.15, 0.2) is 5.82 Å². The number of benzene rings is 8. The van der Waals surface area contributed by atoms with Crippen LogP contribution in [0.4, 0.5) is 26.3 Å². The van der Waals surface area contributed by atoms with E-state index in [1.54, 1.807) is 0 Å². The molecule has 0 bridgehead atoms. The Morgan fingerprint density at radius 1 is 0.424 bits per heavy atom. The van der Waals surface area contributed by atoms with E-state index in [9.17, 15) is 26.3 Å². The summed E-state index contributed by atoms with van der Waals surface area (Å²) in [7, 11) is 0. The number of nitrogens with zero attached hydrogens (tertiary/aromatic N) is 3. The summed E-state index contributed by atoms with van der Waals surface area (Å²) >= 11 is 0. The second-order valence-corrected chi connectivity index (χ2v) is 17.2. The smallest absolute Gasteiger partial charge is 0.308 e. The summed E-state index contributed by atoms with van der Waals surface area (Å²) in [6.45, 7) is 4.43. The predicted molar refractivity (Wildman–Crippen MR) is 251 cm³/mol. The van der Waals surface area contributed by atoms with Gasteiger partial charge in [0.1, 0.15) is 0 Å². The monoisotopic (exact) mass is 877 g/mol. The van der Waals surface area contributed by atoms with Crippen LogP contribution in [0.2, 0.25) is 0 Å². The molecule has 10 aromatic rings. The van der Waals surface area contributed by atoms with Gasteiger partial charge in [-0.15, -0.1) is 0 Å². The number of alkyl halides is 6. The van der Waals surface area contributed by atoms with Crippen molar-refractivity contribution in [2.24, 2.45) is 0 Å². The third kappa shape index (κ3) is 6.76. The summed E-state index contributed by atoms with van der Waals surface area (Å²) in [6, 6.07) is 55.6. The van der Waals surface area contributed by atoms with Gasteiger partial charge in [-0.05, 0) is 88.0 Å². The third-order valence-electron chi connectivity index (χ3n) is 12.9. The Hall–Kier alpha value is -7.78. The lowest BCUT2D eigenvalue weighted by molar-refractivity contribution is -0.138. The van der Waals surface area contributed by atoms with Crippen molar-refractivity contribution >= 4 is 21.8 Å². The molecule has 0 atom stereocenters. The molecule has 0 unspecified atom stereocenters. The molecule has 0 saturated heterocycles. The molecular weight excluding hydrogens is 841 g/mol. The lowest BCUT2D eigenvalue weighted by Gasteiger charge is -2.23. The predicted octanol–water partition coefficient (Wildman–Crippen LogP) is 16.3. The van der Waals surface area contributed by atoms with Crippen molar-refractivity contribution in [1.29, 1.82) is 0 Å². The van der Waals surface area contributed by atoms with E-state index >= 15 is 0 Å². The molecule has 1 aliphatic rings. The van der Waals surface area contributed by atoms with E-state index in [0.717, 1.165) is 73.9 Å². The molecule has 8 aromatic carbocycles. The van der Waals surface area contributed by atoms with E-state index in [2.05, 4.69) is 48.7 Å². The van der Waals surface area contributed by atoms with Crippen molar-refractivity contribution in [3.8, 4) is 73.0 Å². The van der Waals surface area contributed by atoms with E-state index in [4.69, 9.17) is 9.97 Å². The summed E-state index contributed by atoms with van der Waals surface area (Å²) in [5, 5.41) is 1.97. The van der Waals surface area contributed by atoms with Gasteiger partial charge in [-0.3, -0.25) is 0 Å². The molecule has 9 heteroatoms. The average Bonchev–Trinajstić information content (AvgIpc) is 3.79. The zero-order chi connectivity index (χ0) is 45.5. The van der Waals surface area contributed by atoms with Crippen molar-refractivity contribution in [3.05, 3.63) is 210 Å². The fourth-order valence-corrected chi connectivity index (χ4v) is 9.78. The molecule has 0 radical (unpaired) electrons. The van der Waals surface area contributed by atoms with Gasteiger partial charge in [0.2, 0.25) is 0 Å². The third-order valence-corrected chi connectivity index (χ3v) is 12.9. The van der Waals surface area contributed by atoms with Gasteiger partial charge < -0.3 is 4.57 Å². The van der Waals surface area contributed by atoms with Crippen LogP contribution in [0.1, 0.15) is 36.1 Å². The van der Waals surface area contributed by atoms with Crippen LogP contribution >= 0.6 is 0 Å². The lowest BCUT2D eigenvalue weighted by atomic mass is 9.80. The van der Waals surface area contributed by atoms with Gasteiger partial charge in [-0.1, -0.05) is 147 Å². The van der Waals surface area contributed by atoms with Crippen LogP contribution in [0.15, 0.2) is 188 Å². The van der Waals surface area contributed by atoms with Crippen LogP contribution in [0.25, 0.3) is 94.8 Å². The molecule has 0 amide bonds. The Morgan fingerprint density at radius 3 is 1.47 bits per heavy atom. The molecule has 11 rings (SSSR count). The molecule has 0 aliphatic heterocycles. The fourth-order valence-electron chi connectivity index (χ4n) is 9.78. The summed E-state index contributed by atoms with van der Waals surface area (Å²) < 4.78 is 87.2. The van der Waals surface area contributed by atoms with E-state index < -0.39 is 28.9 Å². The quantitative estimate of drug-likeness (QED) is 0.156. The molecule has 0 saturated carbocycles. The Morgan fingerprint density at radius 2 is 0.924 bits per heavy atom. The molecule has 2 heterocycles. The fraction of sp³-hybridized carbons (Fsp3) is 0.0877. The summed E-state index contributed by atoms with van der Waals surface area (Å²) in [4.78, 5) is 10.2. The number of rotatable bonds is 6. The van der Waals surface area contributed by atoms with E-state index in [1.165, 1.54) is 29.8 Å². The number of aromatic nitrogens is 3. The van der Waals surface area contributed by atoms with E-state index in [-0.39, 0.29) is 0 Å². The average molecular weight is 878 g/mol. The molecule has 0 N–H and O–H groups in total. The molecule has 1 aliphatic carbocycles. The normalized spacial score (nSPS) is 13.3. The first kappa shape index (κ1) is 41.0. The molecule has 322 valence electrons. The Kier molecular flexibility index (Phi) is 9.41. The largest absolute Gasteiger partial charge is 0.416 e. The first-order chi connectivity index (χ1) is 31.8. The molecule has 0 spiro atoms. The highest BCUT2D eigenvalue weighted by molar-refractivity contribution is 6.15. The summed E-state index contributed by atoms with van der Waals surface area (Å²) in [5.74, 6) is 0.322.